The van der Waals surface area contributed by atoms with Crippen molar-refractivity contribution in [1.29, 1.82) is 0 Å². The summed E-state index contributed by atoms with van der Waals surface area (Å²) in [6.45, 7) is -0.0205. The molecule has 39 heavy (non-hydrogen) atoms. The Balaban J connectivity index is 1.54. The second-order valence-corrected chi connectivity index (χ2v) is 9.25. The average Bonchev–Trinajstić information content (AvgIpc) is 3.58. The third kappa shape index (κ3) is 5.38. The number of anilines is 2. The van der Waals surface area contributed by atoms with Crippen LogP contribution in [0.2, 0.25) is 0 Å². The van der Waals surface area contributed by atoms with E-state index in [1.165, 1.54) is 14.2 Å². The van der Waals surface area contributed by atoms with Crippen LogP contribution in [0, 0.1) is 0 Å². The minimum Gasteiger partial charge on any atom is -0.465 e. The molecule has 198 valence electrons. The predicted molar refractivity (Wildman–Crippen MR) is 152 cm³/mol. The number of ether oxygens (including phenoxy) is 2. The van der Waals surface area contributed by atoms with Gasteiger partial charge in [-0.25, -0.2) is 4.79 Å². The molecule has 1 aliphatic rings. The topological polar surface area (TPSA) is 97.7 Å². The van der Waals surface area contributed by atoms with Gasteiger partial charge in [0.2, 0.25) is 5.91 Å². The van der Waals surface area contributed by atoms with Crippen molar-refractivity contribution in [3.63, 3.8) is 0 Å². The summed E-state index contributed by atoms with van der Waals surface area (Å²) in [6, 6.07) is 24.1. The Labute approximate surface area is 231 Å². The minimum atomic E-state index is -0.386. The molecule has 0 radical (unpaired) electrons. The molecule has 10 heteroatoms. The quantitative estimate of drug-likeness (QED) is 0.250. The zero-order chi connectivity index (χ0) is 27.4. The van der Waals surface area contributed by atoms with Crippen LogP contribution in [-0.2, 0) is 14.3 Å². The number of aromatic nitrogens is 2. The third-order valence-electron chi connectivity index (χ3n) is 6.45. The van der Waals surface area contributed by atoms with Crippen LogP contribution in [-0.4, -0.2) is 47.4 Å². The van der Waals surface area contributed by atoms with E-state index in [-0.39, 0.29) is 30.6 Å². The molecule has 2 N–H and O–H groups in total. The first-order valence-corrected chi connectivity index (χ1v) is 12.7. The lowest BCUT2D eigenvalue weighted by molar-refractivity contribution is -0.119. The molecule has 1 amide bonds. The number of hydrogen-bond acceptors (Lipinski definition) is 6. The Morgan fingerprint density at radius 1 is 0.974 bits per heavy atom. The van der Waals surface area contributed by atoms with Gasteiger partial charge in [-0.2, -0.15) is 0 Å². The van der Waals surface area contributed by atoms with Gasteiger partial charge in [-0.3, -0.25) is 9.78 Å². The van der Waals surface area contributed by atoms with Crippen molar-refractivity contribution in [2.24, 2.45) is 0 Å². The molecule has 3 heterocycles. The molecular formula is C29H27N5O4S. The molecule has 9 nitrogen and oxygen atoms in total. The fourth-order valence-electron chi connectivity index (χ4n) is 4.71. The van der Waals surface area contributed by atoms with E-state index in [0.29, 0.717) is 16.4 Å². The second-order valence-electron chi connectivity index (χ2n) is 8.87. The molecule has 0 aliphatic carbocycles. The maximum atomic E-state index is 11.9. The summed E-state index contributed by atoms with van der Waals surface area (Å²) in [6.07, 6.45) is 3.74. The van der Waals surface area contributed by atoms with Crippen LogP contribution in [0.1, 0.15) is 33.8 Å². The van der Waals surface area contributed by atoms with E-state index in [4.69, 9.17) is 21.7 Å². The van der Waals surface area contributed by atoms with E-state index < -0.39 is 0 Å². The Morgan fingerprint density at radius 2 is 1.72 bits per heavy atom. The standard InChI is InChI=1S/C29H27N5O4S/c1-37-18-25(35)31-20-10-14-22(15-11-20)34-27(26(32-29(34)39)23-6-3-4-16-30-23)24-7-5-17-33(24)21-12-8-19(9-13-21)28(36)38-2/h3-17,26-27H,18H2,1-2H3,(H,31,35)(H,32,39)/t26-,27+/m1/s1. The number of methoxy groups -OCH3 is 2. The number of thiocarbonyl (C=S) groups is 1. The number of rotatable bonds is 8. The van der Waals surface area contributed by atoms with Crippen molar-refractivity contribution in [1.82, 2.24) is 14.9 Å². The Kier molecular flexibility index (Phi) is 7.67. The van der Waals surface area contributed by atoms with E-state index in [1.54, 1.807) is 18.3 Å². The van der Waals surface area contributed by atoms with Gasteiger partial charge in [-0.15, -0.1) is 0 Å². The van der Waals surface area contributed by atoms with Crippen LogP contribution in [0.3, 0.4) is 0 Å². The van der Waals surface area contributed by atoms with Crippen molar-refractivity contribution >= 4 is 40.6 Å². The molecule has 2 atom stereocenters. The zero-order valence-corrected chi connectivity index (χ0v) is 22.2. The molecular weight excluding hydrogens is 514 g/mol. The molecule has 2 aromatic carbocycles. The molecule has 5 rings (SSSR count). The Hall–Kier alpha value is -4.54. The normalized spacial score (nSPS) is 16.6. The fraction of sp³-hybridized carbons (Fsp3) is 0.172. The van der Waals surface area contributed by atoms with Gasteiger partial charge in [-0.05, 0) is 85.0 Å². The van der Waals surface area contributed by atoms with Crippen molar-refractivity contribution in [3.8, 4) is 5.69 Å². The summed E-state index contributed by atoms with van der Waals surface area (Å²) in [5, 5.41) is 6.84. The lowest BCUT2D eigenvalue weighted by Gasteiger charge is -2.29. The highest BCUT2D eigenvalue weighted by Crippen LogP contribution is 2.42. The molecule has 1 saturated heterocycles. The number of nitrogens with zero attached hydrogens (tertiary/aromatic N) is 3. The lowest BCUT2D eigenvalue weighted by Crippen LogP contribution is -2.30. The van der Waals surface area contributed by atoms with E-state index >= 15 is 0 Å². The van der Waals surface area contributed by atoms with E-state index in [0.717, 1.165) is 22.8 Å². The third-order valence-corrected chi connectivity index (χ3v) is 6.77. The van der Waals surface area contributed by atoms with Gasteiger partial charge in [0.25, 0.3) is 0 Å². The molecule has 0 bridgehead atoms. The van der Waals surface area contributed by atoms with Crippen molar-refractivity contribution in [3.05, 3.63) is 108 Å². The van der Waals surface area contributed by atoms with Gasteiger partial charge in [0.1, 0.15) is 12.6 Å². The van der Waals surface area contributed by atoms with Crippen LogP contribution in [0.25, 0.3) is 5.69 Å². The highest BCUT2D eigenvalue weighted by molar-refractivity contribution is 7.80. The Morgan fingerprint density at radius 3 is 2.38 bits per heavy atom. The molecule has 0 saturated carbocycles. The van der Waals surface area contributed by atoms with Gasteiger partial charge in [0.15, 0.2) is 5.11 Å². The summed E-state index contributed by atoms with van der Waals surface area (Å²) < 4.78 is 11.8. The fourth-order valence-corrected chi connectivity index (χ4v) is 5.06. The summed E-state index contributed by atoms with van der Waals surface area (Å²) in [4.78, 5) is 30.6. The number of benzene rings is 2. The van der Waals surface area contributed by atoms with Crippen molar-refractivity contribution in [2.75, 3.05) is 31.0 Å². The molecule has 1 aliphatic heterocycles. The van der Waals surface area contributed by atoms with Crippen LogP contribution in [0.15, 0.2) is 91.3 Å². The summed E-state index contributed by atoms with van der Waals surface area (Å²) in [5.41, 5.74) is 4.70. The summed E-state index contributed by atoms with van der Waals surface area (Å²) in [5.74, 6) is -0.615. The van der Waals surface area contributed by atoms with Gasteiger partial charge >= 0.3 is 5.97 Å². The van der Waals surface area contributed by atoms with Gasteiger partial charge < -0.3 is 29.6 Å². The number of pyridine rings is 1. The molecule has 1 fully saturated rings. The van der Waals surface area contributed by atoms with Crippen LogP contribution >= 0.6 is 12.2 Å². The number of carbonyl (C=O) groups is 2. The van der Waals surface area contributed by atoms with Gasteiger partial charge in [0, 0.05) is 42.3 Å². The maximum absolute atomic E-state index is 11.9. The zero-order valence-electron chi connectivity index (χ0n) is 21.4. The highest BCUT2D eigenvalue weighted by atomic mass is 32.1. The van der Waals surface area contributed by atoms with Crippen molar-refractivity contribution in [2.45, 2.75) is 12.1 Å². The van der Waals surface area contributed by atoms with Crippen LogP contribution in [0.5, 0.6) is 0 Å². The summed E-state index contributed by atoms with van der Waals surface area (Å²) >= 11 is 5.85. The van der Waals surface area contributed by atoms with Crippen LogP contribution in [0.4, 0.5) is 11.4 Å². The van der Waals surface area contributed by atoms with Crippen LogP contribution < -0.4 is 15.5 Å². The van der Waals surface area contributed by atoms with Gasteiger partial charge in [0.05, 0.1) is 24.4 Å². The first-order valence-electron chi connectivity index (χ1n) is 12.3. The van der Waals surface area contributed by atoms with Crippen molar-refractivity contribution < 1.29 is 19.1 Å². The number of carbonyl (C=O) groups excluding carboxylic acids is 2. The Bertz CT molecular complexity index is 1470. The number of nitrogens with one attached hydrogen (secondary N) is 2. The maximum Gasteiger partial charge on any atom is 0.337 e. The monoisotopic (exact) mass is 541 g/mol. The van der Waals surface area contributed by atoms with E-state index in [9.17, 15) is 9.59 Å². The SMILES string of the molecule is COCC(=O)Nc1ccc(N2C(=S)N[C@H](c3ccccn3)[C@@H]2c2cccn2-c2ccc(C(=O)OC)cc2)cc1. The number of hydrogen-bond donors (Lipinski definition) is 2. The average molecular weight is 542 g/mol. The van der Waals surface area contributed by atoms with E-state index in [2.05, 4.69) is 31.2 Å². The lowest BCUT2D eigenvalue weighted by atomic mass is 10.0. The minimum absolute atomic E-state index is 0.0205. The number of esters is 1. The molecule has 4 aromatic rings. The smallest absolute Gasteiger partial charge is 0.337 e. The highest BCUT2D eigenvalue weighted by Gasteiger charge is 2.42. The second kappa shape index (κ2) is 11.5. The molecule has 0 unspecified atom stereocenters. The predicted octanol–water partition coefficient (Wildman–Crippen LogP) is 4.42. The first-order chi connectivity index (χ1) is 19.0. The van der Waals surface area contributed by atoms with Gasteiger partial charge in [-0.1, -0.05) is 6.07 Å². The number of amides is 1. The first kappa shape index (κ1) is 26.1. The largest absolute Gasteiger partial charge is 0.465 e. The van der Waals surface area contributed by atoms with E-state index in [1.807, 2.05) is 66.9 Å². The molecule has 2 aromatic heterocycles. The molecule has 0 spiro atoms. The summed E-state index contributed by atoms with van der Waals surface area (Å²) in [7, 11) is 2.84.